The number of carbonyl (C=O) groups excluding carboxylic acids is 1. The first-order valence-electron chi connectivity index (χ1n) is 6.64. The topological polar surface area (TPSA) is 41.1 Å². The van der Waals surface area contributed by atoms with Crippen LogP contribution in [0.3, 0.4) is 0 Å². The summed E-state index contributed by atoms with van der Waals surface area (Å²) < 4.78 is 36.0. The van der Waals surface area contributed by atoms with Crippen LogP contribution in [0.4, 0.5) is 13.2 Å². The number of nitrogens with one attached hydrogen (secondary N) is 2. The van der Waals surface area contributed by atoms with Crippen LogP contribution < -0.4 is 10.6 Å². The first kappa shape index (κ1) is 17.9. The Morgan fingerprint density at radius 3 is 2.85 bits per heavy atom. The lowest BCUT2D eigenvalue weighted by molar-refractivity contribution is -0.133. The van der Waals surface area contributed by atoms with Crippen molar-refractivity contribution in [2.24, 2.45) is 11.3 Å². The largest absolute Gasteiger partial charge is 0.441 e. The number of rotatable bonds is 4. The van der Waals surface area contributed by atoms with E-state index in [0.29, 0.717) is 12.5 Å². The van der Waals surface area contributed by atoms with E-state index in [4.69, 9.17) is 0 Å². The Morgan fingerprint density at radius 2 is 2.15 bits per heavy atom. The van der Waals surface area contributed by atoms with Gasteiger partial charge in [-0.05, 0) is 37.1 Å². The summed E-state index contributed by atoms with van der Waals surface area (Å²) in [6.45, 7) is 1.60. The highest BCUT2D eigenvalue weighted by molar-refractivity contribution is 8.00. The molecule has 0 bridgehead atoms. The van der Waals surface area contributed by atoms with Crippen molar-refractivity contribution < 1.29 is 18.0 Å². The van der Waals surface area contributed by atoms with Crippen LogP contribution in [0.5, 0.6) is 0 Å². The number of alkyl halides is 3. The maximum atomic E-state index is 12.3. The van der Waals surface area contributed by atoms with Crippen LogP contribution in [0, 0.1) is 11.3 Å². The highest BCUT2D eigenvalue weighted by Gasteiger charge is 2.49. The second-order valence-electron chi connectivity index (χ2n) is 5.28. The molecule has 0 radical (unpaired) electrons. The van der Waals surface area contributed by atoms with Gasteiger partial charge in [0.05, 0.1) is 5.41 Å². The van der Waals surface area contributed by atoms with Crippen molar-refractivity contribution >= 4 is 30.1 Å². The van der Waals surface area contributed by atoms with Crippen molar-refractivity contribution in [2.75, 3.05) is 25.4 Å². The molecule has 1 heterocycles. The third-order valence-corrected chi connectivity index (χ3v) is 4.88. The fourth-order valence-electron chi connectivity index (χ4n) is 3.20. The molecule has 0 aromatic carbocycles. The minimum Gasteiger partial charge on any atom is -0.355 e. The van der Waals surface area contributed by atoms with E-state index in [1.54, 1.807) is 0 Å². The lowest BCUT2D eigenvalue weighted by atomic mass is 9.67. The van der Waals surface area contributed by atoms with Crippen LogP contribution >= 0.6 is 24.2 Å². The van der Waals surface area contributed by atoms with Gasteiger partial charge in [0.2, 0.25) is 5.91 Å². The second kappa shape index (κ2) is 7.22. The second-order valence-corrected chi connectivity index (χ2v) is 6.44. The molecule has 1 aliphatic carbocycles. The van der Waals surface area contributed by atoms with Gasteiger partial charge in [0.25, 0.3) is 0 Å². The monoisotopic (exact) mass is 332 g/mol. The van der Waals surface area contributed by atoms with Crippen LogP contribution in [0.2, 0.25) is 0 Å². The number of thioether (sulfide) groups is 1. The fourth-order valence-corrected chi connectivity index (χ4v) is 3.63. The molecule has 2 rings (SSSR count). The maximum Gasteiger partial charge on any atom is 0.441 e. The van der Waals surface area contributed by atoms with E-state index in [9.17, 15) is 18.0 Å². The standard InChI is InChI=1S/C12H19F3N2OS.ClH/c13-12(14,15)19-6-5-17-10(18)11-4-2-1-3-9(11)7-16-8-11;/h9,16H,1-8H2,(H,17,18);1H/t9-,11+;/m0./s1. The first-order chi connectivity index (χ1) is 8.94. The van der Waals surface area contributed by atoms with Crippen molar-refractivity contribution in [1.82, 2.24) is 10.6 Å². The number of fused-ring (bicyclic) bond motifs is 1. The molecule has 1 amide bonds. The predicted octanol–water partition coefficient (Wildman–Crippen LogP) is 2.56. The molecule has 0 spiro atoms. The lowest BCUT2D eigenvalue weighted by Gasteiger charge is -2.37. The van der Waals surface area contributed by atoms with Crippen molar-refractivity contribution in [1.29, 1.82) is 0 Å². The number of carbonyl (C=O) groups is 1. The molecule has 2 fully saturated rings. The Morgan fingerprint density at radius 1 is 1.40 bits per heavy atom. The van der Waals surface area contributed by atoms with Crippen LogP contribution in [-0.2, 0) is 4.79 Å². The van der Waals surface area contributed by atoms with E-state index in [0.717, 1.165) is 32.2 Å². The maximum absolute atomic E-state index is 12.3. The minimum atomic E-state index is -4.22. The quantitative estimate of drug-likeness (QED) is 0.777. The summed E-state index contributed by atoms with van der Waals surface area (Å²) >= 11 is -0.0852. The summed E-state index contributed by atoms with van der Waals surface area (Å²) in [4.78, 5) is 12.3. The minimum absolute atomic E-state index is 0. The molecule has 8 heteroatoms. The molecule has 1 saturated carbocycles. The zero-order valence-electron chi connectivity index (χ0n) is 11.1. The Labute approximate surface area is 127 Å². The van der Waals surface area contributed by atoms with Crippen molar-refractivity contribution in [2.45, 2.75) is 31.2 Å². The average Bonchev–Trinajstić information content (AvgIpc) is 2.78. The molecule has 118 valence electrons. The molecule has 20 heavy (non-hydrogen) atoms. The van der Waals surface area contributed by atoms with Crippen molar-refractivity contribution in [3.8, 4) is 0 Å². The third kappa shape index (κ3) is 4.18. The number of amides is 1. The average molecular weight is 333 g/mol. The summed E-state index contributed by atoms with van der Waals surface area (Å²) in [5.41, 5.74) is -4.59. The van der Waals surface area contributed by atoms with E-state index >= 15 is 0 Å². The number of halogens is 4. The summed E-state index contributed by atoms with van der Waals surface area (Å²) in [5.74, 6) is 0.158. The van der Waals surface area contributed by atoms with Gasteiger partial charge >= 0.3 is 5.51 Å². The van der Waals surface area contributed by atoms with E-state index in [1.807, 2.05) is 0 Å². The van der Waals surface area contributed by atoms with Crippen LogP contribution in [0.25, 0.3) is 0 Å². The van der Waals surface area contributed by atoms with E-state index in [-0.39, 0.29) is 47.8 Å². The summed E-state index contributed by atoms with van der Waals surface area (Å²) in [7, 11) is 0. The highest BCUT2D eigenvalue weighted by atomic mass is 35.5. The lowest BCUT2D eigenvalue weighted by Crippen LogP contribution is -2.48. The molecule has 3 nitrogen and oxygen atoms in total. The summed E-state index contributed by atoms with van der Waals surface area (Å²) in [5, 5.41) is 5.94. The van der Waals surface area contributed by atoms with Crippen molar-refractivity contribution in [3.05, 3.63) is 0 Å². The normalized spacial score (nSPS) is 29.4. The summed E-state index contributed by atoms with van der Waals surface area (Å²) in [6.07, 6.45) is 4.06. The Hall–Kier alpha value is -0.140. The Kier molecular flexibility index (Phi) is 6.47. The van der Waals surface area contributed by atoms with Gasteiger partial charge in [0, 0.05) is 18.8 Å². The first-order valence-corrected chi connectivity index (χ1v) is 7.62. The molecule has 1 aliphatic heterocycles. The number of hydrogen-bond donors (Lipinski definition) is 2. The molecule has 0 unspecified atom stereocenters. The summed E-state index contributed by atoms with van der Waals surface area (Å²) in [6, 6.07) is 0. The zero-order valence-corrected chi connectivity index (χ0v) is 12.7. The fraction of sp³-hybridized carbons (Fsp3) is 0.917. The Balaban J connectivity index is 0.00000200. The predicted molar refractivity (Wildman–Crippen MR) is 76.0 cm³/mol. The number of hydrogen-bond acceptors (Lipinski definition) is 3. The van der Waals surface area contributed by atoms with Gasteiger partial charge < -0.3 is 10.6 Å². The van der Waals surface area contributed by atoms with Crippen LogP contribution in [0.1, 0.15) is 25.7 Å². The molecule has 2 atom stereocenters. The molecule has 0 aromatic rings. The van der Waals surface area contributed by atoms with Gasteiger partial charge in [-0.1, -0.05) is 12.8 Å². The van der Waals surface area contributed by atoms with E-state index in [1.165, 1.54) is 0 Å². The molecule has 1 saturated heterocycles. The van der Waals surface area contributed by atoms with E-state index < -0.39 is 5.51 Å². The van der Waals surface area contributed by atoms with Gasteiger partial charge in [-0.25, -0.2) is 0 Å². The van der Waals surface area contributed by atoms with Gasteiger partial charge in [0.1, 0.15) is 0 Å². The van der Waals surface area contributed by atoms with Crippen LogP contribution in [-0.4, -0.2) is 36.8 Å². The molecule has 2 N–H and O–H groups in total. The molecule has 0 aromatic heterocycles. The molecular formula is C12H20ClF3N2OS. The zero-order chi connectivity index (χ0) is 13.9. The molecule has 2 aliphatic rings. The van der Waals surface area contributed by atoms with Gasteiger partial charge in [-0.15, -0.1) is 12.4 Å². The van der Waals surface area contributed by atoms with Gasteiger partial charge in [0.15, 0.2) is 0 Å². The van der Waals surface area contributed by atoms with E-state index in [2.05, 4.69) is 10.6 Å². The smallest absolute Gasteiger partial charge is 0.355 e. The van der Waals surface area contributed by atoms with Crippen LogP contribution in [0.15, 0.2) is 0 Å². The molecular weight excluding hydrogens is 313 g/mol. The SMILES string of the molecule is Cl.O=C(NCCSC(F)(F)F)[C@@]12CCCC[C@H]1CNC2. The van der Waals surface area contributed by atoms with Crippen molar-refractivity contribution in [3.63, 3.8) is 0 Å². The third-order valence-electron chi connectivity index (χ3n) is 4.14. The van der Waals surface area contributed by atoms with Gasteiger partial charge in [-0.3, -0.25) is 4.79 Å². The Bertz CT molecular complexity index is 343. The highest BCUT2D eigenvalue weighted by Crippen LogP contribution is 2.43. The van der Waals surface area contributed by atoms with Gasteiger partial charge in [-0.2, -0.15) is 13.2 Å².